The van der Waals surface area contributed by atoms with Gasteiger partial charge in [-0.1, -0.05) is 20.8 Å². The molecule has 0 aliphatic carbocycles. The van der Waals surface area contributed by atoms with Gasteiger partial charge in [-0.3, -0.25) is 9.69 Å². The molecule has 2 rings (SSSR count). The van der Waals surface area contributed by atoms with Crippen molar-refractivity contribution in [1.82, 2.24) is 9.80 Å². The van der Waals surface area contributed by atoms with Gasteiger partial charge in [0.1, 0.15) is 11.6 Å². The number of halogens is 2. The van der Waals surface area contributed by atoms with Crippen molar-refractivity contribution in [1.29, 1.82) is 0 Å². The van der Waals surface area contributed by atoms with Crippen molar-refractivity contribution in [2.75, 3.05) is 26.2 Å². The fourth-order valence-electron chi connectivity index (χ4n) is 2.63. The topological polar surface area (TPSA) is 23.6 Å². The Balaban J connectivity index is 1.87. The predicted molar refractivity (Wildman–Crippen MR) is 82.3 cm³/mol. The van der Waals surface area contributed by atoms with Gasteiger partial charge in [0.15, 0.2) is 0 Å². The van der Waals surface area contributed by atoms with Crippen LogP contribution in [0.15, 0.2) is 18.2 Å². The van der Waals surface area contributed by atoms with Crippen molar-refractivity contribution in [3.8, 4) is 0 Å². The second kappa shape index (κ2) is 6.73. The Morgan fingerprint density at radius 3 is 2.36 bits per heavy atom. The normalized spacial score (nSPS) is 16.9. The monoisotopic (exact) mass is 310 g/mol. The van der Waals surface area contributed by atoms with E-state index in [0.29, 0.717) is 44.7 Å². The van der Waals surface area contributed by atoms with Gasteiger partial charge in [0, 0.05) is 44.7 Å². The number of piperazine rings is 1. The molecule has 0 radical (unpaired) electrons. The highest BCUT2D eigenvalue weighted by Crippen LogP contribution is 2.21. The van der Waals surface area contributed by atoms with Crippen molar-refractivity contribution in [3.63, 3.8) is 0 Å². The highest BCUT2D eigenvalue weighted by Gasteiger charge is 2.25. The van der Waals surface area contributed by atoms with Crippen molar-refractivity contribution in [2.24, 2.45) is 5.41 Å². The molecule has 0 spiro atoms. The van der Waals surface area contributed by atoms with Crippen molar-refractivity contribution < 1.29 is 13.6 Å². The van der Waals surface area contributed by atoms with Crippen molar-refractivity contribution >= 4 is 5.91 Å². The SMILES string of the molecule is CC(C)(C)CC(=O)N1CCN(Cc2cc(F)ccc2F)CC1. The van der Waals surface area contributed by atoms with Gasteiger partial charge >= 0.3 is 0 Å². The molecular weight excluding hydrogens is 286 g/mol. The molecular formula is C17H24F2N2O. The molecule has 122 valence electrons. The molecule has 1 aliphatic rings. The number of hydrogen-bond acceptors (Lipinski definition) is 2. The molecule has 1 aromatic rings. The first-order chi connectivity index (χ1) is 10.2. The quantitative estimate of drug-likeness (QED) is 0.857. The van der Waals surface area contributed by atoms with E-state index in [1.54, 1.807) is 0 Å². The molecule has 1 aromatic carbocycles. The molecule has 1 heterocycles. The van der Waals surface area contributed by atoms with Crippen LogP contribution in [-0.4, -0.2) is 41.9 Å². The number of nitrogens with zero attached hydrogens (tertiary/aromatic N) is 2. The van der Waals surface area contributed by atoms with Gasteiger partial charge in [-0.2, -0.15) is 0 Å². The lowest BCUT2D eigenvalue weighted by Crippen LogP contribution is -2.48. The Labute approximate surface area is 130 Å². The maximum absolute atomic E-state index is 13.7. The Kier molecular flexibility index (Phi) is 5.16. The highest BCUT2D eigenvalue weighted by atomic mass is 19.1. The predicted octanol–water partition coefficient (Wildman–Crippen LogP) is 3.05. The van der Waals surface area contributed by atoms with Gasteiger partial charge in [0.25, 0.3) is 0 Å². The van der Waals surface area contributed by atoms with E-state index < -0.39 is 5.82 Å². The van der Waals surface area contributed by atoms with E-state index in [2.05, 4.69) is 4.90 Å². The van der Waals surface area contributed by atoms with Gasteiger partial charge in [0.05, 0.1) is 0 Å². The van der Waals surface area contributed by atoms with Crippen LogP contribution in [0.2, 0.25) is 0 Å². The summed E-state index contributed by atoms with van der Waals surface area (Å²) >= 11 is 0. The first kappa shape index (κ1) is 16.9. The summed E-state index contributed by atoms with van der Waals surface area (Å²) in [4.78, 5) is 16.1. The summed E-state index contributed by atoms with van der Waals surface area (Å²) in [5, 5.41) is 0. The highest BCUT2D eigenvalue weighted by molar-refractivity contribution is 5.76. The van der Waals surface area contributed by atoms with Gasteiger partial charge in [0.2, 0.25) is 5.91 Å². The zero-order valence-corrected chi connectivity index (χ0v) is 13.5. The van der Waals surface area contributed by atoms with E-state index in [0.717, 1.165) is 12.1 Å². The number of carbonyl (C=O) groups excluding carboxylic acids is 1. The van der Waals surface area contributed by atoms with E-state index in [-0.39, 0.29) is 17.1 Å². The van der Waals surface area contributed by atoms with E-state index in [4.69, 9.17) is 0 Å². The summed E-state index contributed by atoms with van der Waals surface area (Å²) in [6.07, 6.45) is 0.533. The van der Waals surface area contributed by atoms with Crippen LogP contribution in [0.4, 0.5) is 8.78 Å². The van der Waals surface area contributed by atoms with Crippen LogP contribution < -0.4 is 0 Å². The third-order valence-electron chi connectivity index (χ3n) is 3.81. The van der Waals surface area contributed by atoms with Crippen LogP contribution in [0.5, 0.6) is 0 Å². The lowest BCUT2D eigenvalue weighted by molar-refractivity contribution is -0.134. The van der Waals surface area contributed by atoms with Crippen molar-refractivity contribution in [2.45, 2.75) is 33.7 Å². The number of carbonyl (C=O) groups is 1. The summed E-state index contributed by atoms with van der Waals surface area (Å²) in [6.45, 7) is 9.19. The molecule has 0 atom stereocenters. The lowest BCUT2D eigenvalue weighted by atomic mass is 9.91. The van der Waals surface area contributed by atoms with Gasteiger partial charge < -0.3 is 4.90 Å². The van der Waals surface area contributed by atoms with Crippen LogP contribution in [-0.2, 0) is 11.3 Å². The lowest BCUT2D eigenvalue weighted by Gasteiger charge is -2.36. The molecule has 1 saturated heterocycles. The van der Waals surface area contributed by atoms with E-state index in [1.165, 1.54) is 6.07 Å². The Bertz CT molecular complexity index is 532. The third-order valence-corrected chi connectivity index (χ3v) is 3.81. The second-order valence-corrected chi connectivity index (χ2v) is 7.13. The molecule has 22 heavy (non-hydrogen) atoms. The molecule has 0 aromatic heterocycles. The number of amides is 1. The maximum Gasteiger partial charge on any atom is 0.223 e. The Morgan fingerprint density at radius 2 is 1.77 bits per heavy atom. The molecule has 1 amide bonds. The molecule has 1 aliphatic heterocycles. The Hall–Kier alpha value is -1.49. The third kappa shape index (κ3) is 4.77. The van der Waals surface area contributed by atoms with Gasteiger partial charge in [-0.15, -0.1) is 0 Å². The van der Waals surface area contributed by atoms with Gasteiger partial charge in [-0.05, 0) is 23.6 Å². The number of benzene rings is 1. The Morgan fingerprint density at radius 1 is 1.14 bits per heavy atom. The van der Waals surface area contributed by atoms with Crippen LogP contribution in [0.1, 0.15) is 32.8 Å². The minimum atomic E-state index is -0.421. The molecule has 0 N–H and O–H groups in total. The van der Waals surface area contributed by atoms with E-state index >= 15 is 0 Å². The molecule has 1 fully saturated rings. The fourth-order valence-corrected chi connectivity index (χ4v) is 2.63. The summed E-state index contributed by atoms with van der Waals surface area (Å²) in [5.41, 5.74) is 0.355. The van der Waals surface area contributed by atoms with Crippen LogP contribution >= 0.6 is 0 Å². The zero-order valence-electron chi connectivity index (χ0n) is 13.5. The molecule has 0 saturated carbocycles. The minimum absolute atomic E-state index is 0.0150. The standard InChI is InChI=1S/C17H24F2N2O/c1-17(2,3)11-16(22)21-8-6-20(7-9-21)12-13-10-14(18)4-5-15(13)19/h4-5,10H,6-9,11-12H2,1-3H3. The number of hydrogen-bond donors (Lipinski definition) is 0. The molecule has 3 nitrogen and oxygen atoms in total. The molecule has 5 heteroatoms. The van der Waals surface area contributed by atoms with Gasteiger partial charge in [-0.25, -0.2) is 8.78 Å². The smallest absolute Gasteiger partial charge is 0.223 e. The van der Waals surface area contributed by atoms with E-state index in [9.17, 15) is 13.6 Å². The first-order valence-corrected chi connectivity index (χ1v) is 7.69. The number of rotatable bonds is 3. The summed E-state index contributed by atoms with van der Waals surface area (Å²) in [6, 6.07) is 3.53. The average molecular weight is 310 g/mol. The summed E-state index contributed by atoms with van der Waals surface area (Å²) in [5.74, 6) is -0.632. The van der Waals surface area contributed by atoms with Crippen molar-refractivity contribution in [3.05, 3.63) is 35.4 Å². The largest absolute Gasteiger partial charge is 0.340 e. The van der Waals surface area contributed by atoms with Crippen LogP contribution in [0.3, 0.4) is 0 Å². The summed E-state index contributed by atoms with van der Waals surface area (Å²) < 4.78 is 26.8. The minimum Gasteiger partial charge on any atom is -0.340 e. The van der Waals surface area contributed by atoms with E-state index in [1.807, 2.05) is 25.7 Å². The first-order valence-electron chi connectivity index (χ1n) is 7.69. The molecule has 0 bridgehead atoms. The maximum atomic E-state index is 13.7. The van der Waals surface area contributed by atoms with Crippen LogP contribution in [0, 0.1) is 17.0 Å². The summed E-state index contributed by atoms with van der Waals surface area (Å²) in [7, 11) is 0. The molecule has 0 unspecified atom stereocenters. The van der Waals surface area contributed by atoms with Crippen LogP contribution in [0.25, 0.3) is 0 Å². The zero-order chi connectivity index (χ0) is 16.3. The second-order valence-electron chi connectivity index (χ2n) is 7.13. The average Bonchev–Trinajstić information content (AvgIpc) is 2.42. The fraction of sp³-hybridized carbons (Fsp3) is 0.588.